The topological polar surface area (TPSA) is 55.5 Å². The maximum Gasteiger partial charge on any atom is 0.266 e. The molecule has 25 heavy (non-hydrogen) atoms. The standard InChI is InChI=1S/C16H14F3N5O/c17-11-4-2-1-3-10(11)16-21-20-13-5-6-14(22-24(13)16)23-7-8-25-12(9-23)15(18)19/h1-6,12,15H,7-9H2. The van der Waals surface area contributed by atoms with E-state index in [4.69, 9.17) is 4.74 Å². The quantitative estimate of drug-likeness (QED) is 0.727. The summed E-state index contributed by atoms with van der Waals surface area (Å²) in [5.41, 5.74) is 0.716. The lowest BCUT2D eigenvalue weighted by Crippen LogP contribution is -2.46. The minimum atomic E-state index is -2.56. The largest absolute Gasteiger partial charge is 0.369 e. The van der Waals surface area contributed by atoms with Crippen LogP contribution in [0.2, 0.25) is 0 Å². The van der Waals surface area contributed by atoms with Crippen molar-refractivity contribution in [1.82, 2.24) is 19.8 Å². The minimum absolute atomic E-state index is 0.0351. The van der Waals surface area contributed by atoms with Gasteiger partial charge in [0.25, 0.3) is 6.43 Å². The Bertz CT molecular complexity index is 900. The molecule has 4 rings (SSSR count). The van der Waals surface area contributed by atoms with Crippen LogP contribution < -0.4 is 4.90 Å². The molecule has 0 spiro atoms. The summed E-state index contributed by atoms with van der Waals surface area (Å²) in [7, 11) is 0. The van der Waals surface area contributed by atoms with E-state index in [1.807, 2.05) is 0 Å². The lowest BCUT2D eigenvalue weighted by Gasteiger charge is -2.33. The number of halogens is 3. The van der Waals surface area contributed by atoms with Crippen LogP contribution >= 0.6 is 0 Å². The van der Waals surface area contributed by atoms with E-state index in [0.29, 0.717) is 18.0 Å². The molecule has 0 saturated carbocycles. The van der Waals surface area contributed by atoms with E-state index in [1.165, 1.54) is 10.6 Å². The van der Waals surface area contributed by atoms with E-state index >= 15 is 0 Å². The Morgan fingerprint density at radius 3 is 2.76 bits per heavy atom. The van der Waals surface area contributed by atoms with Crippen LogP contribution in [0.5, 0.6) is 0 Å². The highest BCUT2D eigenvalue weighted by Gasteiger charge is 2.29. The van der Waals surface area contributed by atoms with Gasteiger partial charge in [-0.25, -0.2) is 13.2 Å². The Morgan fingerprint density at radius 2 is 1.96 bits per heavy atom. The third-order valence-electron chi connectivity index (χ3n) is 4.06. The van der Waals surface area contributed by atoms with Gasteiger partial charge in [-0.2, -0.15) is 4.52 Å². The van der Waals surface area contributed by atoms with Gasteiger partial charge in [-0.3, -0.25) is 0 Å². The zero-order chi connectivity index (χ0) is 17.4. The van der Waals surface area contributed by atoms with Gasteiger partial charge in [0.05, 0.1) is 18.7 Å². The van der Waals surface area contributed by atoms with Crippen LogP contribution in [0.25, 0.3) is 17.0 Å². The van der Waals surface area contributed by atoms with Crippen LogP contribution in [0, 0.1) is 5.82 Å². The number of ether oxygens (including phenoxy) is 1. The number of alkyl halides is 2. The Hall–Kier alpha value is -2.68. The van der Waals surface area contributed by atoms with Crippen LogP contribution in [0.15, 0.2) is 36.4 Å². The zero-order valence-electron chi connectivity index (χ0n) is 13.0. The van der Waals surface area contributed by atoms with E-state index in [0.717, 1.165) is 0 Å². The Balaban J connectivity index is 1.73. The van der Waals surface area contributed by atoms with Crippen LogP contribution in [0.4, 0.5) is 19.0 Å². The van der Waals surface area contributed by atoms with Gasteiger partial charge in [-0.05, 0) is 24.3 Å². The van der Waals surface area contributed by atoms with Crippen LogP contribution in [-0.2, 0) is 4.74 Å². The first-order chi connectivity index (χ1) is 12.1. The molecule has 1 aliphatic rings. The monoisotopic (exact) mass is 349 g/mol. The van der Waals surface area contributed by atoms with Crippen molar-refractivity contribution < 1.29 is 17.9 Å². The number of aromatic nitrogens is 4. The molecule has 0 amide bonds. The Morgan fingerprint density at radius 1 is 1.12 bits per heavy atom. The molecule has 9 heteroatoms. The van der Waals surface area contributed by atoms with E-state index in [1.54, 1.807) is 35.2 Å². The lowest BCUT2D eigenvalue weighted by atomic mass is 10.2. The molecule has 1 fully saturated rings. The number of hydrogen-bond donors (Lipinski definition) is 0. The molecule has 1 aliphatic heterocycles. The average Bonchev–Trinajstić information content (AvgIpc) is 3.05. The first-order valence-electron chi connectivity index (χ1n) is 7.75. The molecule has 3 heterocycles. The molecule has 1 atom stereocenters. The van der Waals surface area contributed by atoms with Crippen molar-refractivity contribution in [3.05, 3.63) is 42.2 Å². The summed E-state index contributed by atoms with van der Waals surface area (Å²) in [4.78, 5) is 1.71. The van der Waals surface area contributed by atoms with Crippen molar-refractivity contribution in [3.63, 3.8) is 0 Å². The molecule has 3 aromatic rings. The number of rotatable bonds is 3. The molecule has 6 nitrogen and oxygen atoms in total. The number of fused-ring (bicyclic) bond motifs is 1. The third kappa shape index (κ3) is 2.91. The molecule has 130 valence electrons. The normalized spacial score (nSPS) is 18.2. The molecule has 1 unspecified atom stereocenters. The van der Waals surface area contributed by atoms with Gasteiger partial charge in [0.1, 0.15) is 17.7 Å². The second-order valence-corrected chi connectivity index (χ2v) is 5.65. The van der Waals surface area contributed by atoms with E-state index in [-0.39, 0.29) is 24.5 Å². The molecule has 2 aromatic heterocycles. The van der Waals surface area contributed by atoms with Crippen molar-refractivity contribution >= 4 is 11.5 Å². The highest BCUT2D eigenvalue weighted by molar-refractivity contribution is 5.60. The summed E-state index contributed by atoms with van der Waals surface area (Å²) in [5, 5.41) is 12.4. The SMILES string of the molecule is Fc1ccccc1-c1nnc2ccc(N3CCOC(C(F)F)C3)nn12. The summed E-state index contributed by atoms with van der Waals surface area (Å²) < 4.78 is 46.4. The minimum Gasteiger partial charge on any atom is -0.369 e. The first-order valence-corrected chi connectivity index (χ1v) is 7.75. The van der Waals surface area contributed by atoms with Crippen molar-refractivity contribution in [2.24, 2.45) is 0 Å². The van der Waals surface area contributed by atoms with Gasteiger partial charge >= 0.3 is 0 Å². The summed E-state index contributed by atoms with van der Waals surface area (Å²) in [6.45, 7) is 0.670. The van der Waals surface area contributed by atoms with Crippen LogP contribution in [-0.4, -0.2) is 52.0 Å². The summed E-state index contributed by atoms with van der Waals surface area (Å²) in [5.74, 6) is 0.306. The first kappa shape index (κ1) is 15.8. The van der Waals surface area contributed by atoms with Crippen LogP contribution in [0.3, 0.4) is 0 Å². The predicted octanol–water partition coefficient (Wildman–Crippen LogP) is 2.40. The van der Waals surface area contributed by atoms with E-state index < -0.39 is 18.3 Å². The molecule has 1 saturated heterocycles. The third-order valence-corrected chi connectivity index (χ3v) is 4.06. The van der Waals surface area contributed by atoms with Crippen molar-refractivity contribution in [3.8, 4) is 11.4 Å². The number of morpholine rings is 1. The molecule has 0 N–H and O–H groups in total. The highest BCUT2D eigenvalue weighted by atomic mass is 19.3. The van der Waals surface area contributed by atoms with E-state index in [2.05, 4.69) is 15.3 Å². The zero-order valence-corrected chi connectivity index (χ0v) is 13.0. The lowest BCUT2D eigenvalue weighted by molar-refractivity contribution is -0.0616. The van der Waals surface area contributed by atoms with Gasteiger partial charge in [0.2, 0.25) is 0 Å². The van der Waals surface area contributed by atoms with Gasteiger partial charge in [-0.1, -0.05) is 12.1 Å². The number of hydrogen-bond acceptors (Lipinski definition) is 5. The highest BCUT2D eigenvalue weighted by Crippen LogP contribution is 2.23. The van der Waals surface area contributed by atoms with Gasteiger partial charge in [-0.15, -0.1) is 15.3 Å². The van der Waals surface area contributed by atoms with Crippen molar-refractivity contribution in [1.29, 1.82) is 0 Å². The predicted molar refractivity (Wildman–Crippen MR) is 84.1 cm³/mol. The second kappa shape index (κ2) is 6.32. The molecule has 1 aromatic carbocycles. The van der Waals surface area contributed by atoms with Crippen molar-refractivity contribution in [2.75, 3.05) is 24.6 Å². The molecule has 0 aliphatic carbocycles. The Kier molecular flexibility index (Phi) is 4.00. The molecular weight excluding hydrogens is 335 g/mol. The number of nitrogens with zero attached hydrogens (tertiary/aromatic N) is 5. The van der Waals surface area contributed by atoms with Gasteiger partial charge in [0.15, 0.2) is 11.5 Å². The number of anilines is 1. The smallest absolute Gasteiger partial charge is 0.266 e. The van der Waals surface area contributed by atoms with Gasteiger partial charge < -0.3 is 9.64 Å². The average molecular weight is 349 g/mol. The van der Waals surface area contributed by atoms with Crippen LogP contribution in [0.1, 0.15) is 0 Å². The maximum atomic E-state index is 14.1. The molecule has 0 radical (unpaired) electrons. The summed E-state index contributed by atoms with van der Waals surface area (Å²) in [6.07, 6.45) is -3.71. The molecule has 0 bridgehead atoms. The summed E-state index contributed by atoms with van der Waals surface area (Å²) >= 11 is 0. The van der Waals surface area contributed by atoms with Gasteiger partial charge in [0, 0.05) is 6.54 Å². The fourth-order valence-corrected chi connectivity index (χ4v) is 2.79. The molecular formula is C16H14F3N5O. The number of benzene rings is 1. The van der Waals surface area contributed by atoms with Crippen molar-refractivity contribution in [2.45, 2.75) is 12.5 Å². The second-order valence-electron chi connectivity index (χ2n) is 5.65. The Labute approximate surface area is 140 Å². The fourth-order valence-electron chi connectivity index (χ4n) is 2.79. The van der Waals surface area contributed by atoms with E-state index in [9.17, 15) is 13.2 Å². The fraction of sp³-hybridized carbons (Fsp3) is 0.312. The maximum absolute atomic E-state index is 14.1. The summed E-state index contributed by atoms with van der Waals surface area (Å²) in [6, 6.07) is 9.55.